The van der Waals surface area contributed by atoms with Gasteiger partial charge in [0.15, 0.2) is 0 Å². The summed E-state index contributed by atoms with van der Waals surface area (Å²) in [4.78, 5) is 22.1. The highest BCUT2D eigenvalue weighted by molar-refractivity contribution is 5.85. The van der Waals surface area contributed by atoms with Crippen LogP contribution in [0.4, 0.5) is 0 Å². The summed E-state index contributed by atoms with van der Waals surface area (Å²) < 4.78 is 0. The molecule has 0 atom stereocenters. The summed E-state index contributed by atoms with van der Waals surface area (Å²) in [6, 6.07) is 0. The third-order valence-corrected chi connectivity index (χ3v) is 2.94. The maximum absolute atomic E-state index is 11.3. The summed E-state index contributed by atoms with van der Waals surface area (Å²) in [5.74, 6) is 0.183. The van der Waals surface area contributed by atoms with Gasteiger partial charge in [-0.3, -0.25) is 9.59 Å². The van der Waals surface area contributed by atoms with Gasteiger partial charge >= 0.3 is 0 Å². The Balaban J connectivity index is 2.07. The van der Waals surface area contributed by atoms with Crippen LogP contribution in [0.15, 0.2) is 0 Å². The van der Waals surface area contributed by atoms with Crippen LogP contribution in [0.25, 0.3) is 0 Å². The SMILES string of the molecule is NCC(=O)NCC(=O)NCC1CCCCC1. The zero-order valence-corrected chi connectivity index (χ0v) is 9.63. The fraction of sp³-hybridized carbons (Fsp3) is 0.818. The molecule has 0 spiro atoms. The second kappa shape index (κ2) is 7.22. The highest BCUT2D eigenvalue weighted by atomic mass is 16.2. The van der Waals surface area contributed by atoms with Gasteiger partial charge in [0.05, 0.1) is 13.1 Å². The van der Waals surface area contributed by atoms with Gasteiger partial charge in [-0.25, -0.2) is 0 Å². The van der Waals surface area contributed by atoms with Gasteiger partial charge in [0, 0.05) is 6.54 Å². The van der Waals surface area contributed by atoms with Crippen molar-refractivity contribution in [2.75, 3.05) is 19.6 Å². The molecule has 0 aromatic heterocycles. The van der Waals surface area contributed by atoms with E-state index in [0.717, 1.165) is 6.54 Å². The van der Waals surface area contributed by atoms with Crippen LogP contribution in [0, 0.1) is 5.92 Å². The Hall–Kier alpha value is -1.10. The normalized spacial score (nSPS) is 16.8. The monoisotopic (exact) mass is 227 g/mol. The van der Waals surface area contributed by atoms with E-state index in [-0.39, 0.29) is 24.9 Å². The molecule has 0 aliphatic heterocycles. The number of nitrogens with one attached hydrogen (secondary N) is 2. The number of hydrogen-bond acceptors (Lipinski definition) is 3. The maximum atomic E-state index is 11.3. The smallest absolute Gasteiger partial charge is 0.239 e. The molecule has 1 saturated carbocycles. The fourth-order valence-electron chi connectivity index (χ4n) is 1.96. The van der Waals surface area contributed by atoms with Crippen LogP contribution >= 0.6 is 0 Å². The number of carbonyl (C=O) groups excluding carboxylic acids is 2. The lowest BCUT2D eigenvalue weighted by molar-refractivity contribution is -0.125. The molecule has 5 nitrogen and oxygen atoms in total. The summed E-state index contributed by atoms with van der Waals surface area (Å²) in [6.45, 7) is 0.690. The number of amides is 2. The van der Waals surface area contributed by atoms with Gasteiger partial charge in [-0.1, -0.05) is 19.3 Å². The molecule has 1 aliphatic rings. The molecule has 4 N–H and O–H groups in total. The van der Waals surface area contributed by atoms with E-state index < -0.39 is 0 Å². The predicted octanol–water partition coefficient (Wildman–Crippen LogP) is -0.242. The van der Waals surface area contributed by atoms with E-state index in [1.165, 1.54) is 32.1 Å². The highest BCUT2D eigenvalue weighted by Gasteiger charge is 2.14. The zero-order valence-electron chi connectivity index (χ0n) is 9.63. The van der Waals surface area contributed by atoms with E-state index >= 15 is 0 Å². The van der Waals surface area contributed by atoms with Crippen molar-refractivity contribution in [1.82, 2.24) is 10.6 Å². The molecule has 1 aliphatic carbocycles. The molecule has 0 radical (unpaired) electrons. The quantitative estimate of drug-likeness (QED) is 0.606. The molecular formula is C11H21N3O2. The molecule has 1 rings (SSSR count). The Bertz CT molecular complexity index is 237. The Morgan fingerprint density at radius 3 is 2.38 bits per heavy atom. The largest absolute Gasteiger partial charge is 0.354 e. The van der Waals surface area contributed by atoms with E-state index in [2.05, 4.69) is 10.6 Å². The molecule has 92 valence electrons. The third kappa shape index (κ3) is 5.11. The molecular weight excluding hydrogens is 206 g/mol. The highest BCUT2D eigenvalue weighted by Crippen LogP contribution is 2.22. The summed E-state index contributed by atoms with van der Waals surface area (Å²) in [5, 5.41) is 5.28. The first-order chi connectivity index (χ1) is 7.72. The van der Waals surface area contributed by atoms with Crippen molar-refractivity contribution < 1.29 is 9.59 Å². The van der Waals surface area contributed by atoms with Crippen LogP contribution in [0.1, 0.15) is 32.1 Å². The average molecular weight is 227 g/mol. The molecule has 0 unspecified atom stereocenters. The van der Waals surface area contributed by atoms with E-state index in [4.69, 9.17) is 5.73 Å². The van der Waals surface area contributed by atoms with Crippen LogP contribution in [0.2, 0.25) is 0 Å². The van der Waals surface area contributed by atoms with Gasteiger partial charge in [0.1, 0.15) is 0 Å². The summed E-state index contributed by atoms with van der Waals surface area (Å²) in [7, 11) is 0. The molecule has 16 heavy (non-hydrogen) atoms. The van der Waals surface area contributed by atoms with Gasteiger partial charge < -0.3 is 16.4 Å². The first-order valence-corrected chi connectivity index (χ1v) is 5.96. The number of rotatable bonds is 5. The van der Waals surface area contributed by atoms with E-state index in [1.807, 2.05) is 0 Å². The number of carbonyl (C=O) groups is 2. The van der Waals surface area contributed by atoms with Crippen molar-refractivity contribution in [2.24, 2.45) is 11.7 Å². The van der Waals surface area contributed by atoms with Crippen LogP contribution in [-0.2, 0) is 9.59 Å². The lowest BCUT2D eigenvalue weighted by atomic mass is 9.89. The van der Waals surface area contributed by atoms with Crippen LogP contribution in [-0.4, -0.2) is 31.4 Å². The minimum absolute atomic E-state index is 0.0305. The fourth-order valence-corrected chi connectivity index (χ4v) is 1.96. The average Bonchev–Trinajstić information content (AvgIpc) is 2.34. The minimum Gasteiger partial charge on any atom is -0.354 e. The molecule has 0 heterocycles. The Kier molecular flexibility index (Phi) is 5.85. The first-order valence-electron chi connectivity index (χ1n) is 5.96. The van der Waals surface area contributed by atoms with Crippen LogP contribution < -0.4 is 16.4 Å². The lowest BCUT2D eigenvalue weighted by Gasteiger charge is -2.21. The standard InChI is InChI=1S/C11H21N3O2/c12-6-10(15)14-8-11(16)13-7-9-4-2-1-3-5-9/h9H,1-8,12H2,(H,13,16)(H,14,15). The van der Waals surface area contributed by atoms with E-state index in [1.54, 1.807) is 0 Å². The second-order valence-corrected chi connectivity index (χ2v) is 4.29. The van der Waals surface area contributed by atoms with Crippen LogP contribution in [0.5, 0.6) is 0 Å². The first kappa shape index (κ1) is 13.0. The molecule has 1 fully saturated rings. The molecule has 2 amide bonds. The maximum Gasteiger partial charge on any atom is 0.239 e. The topological polar surface area (TPSA) is 84.2 Å². The molecule has 5 heteroatoms. The van der Waals surface area contributed by atoms with Gasteiger partial charge in [-0.15, -0.1) is 0 Å². The van der Waals surface area contributed by atoms with Crippen molar-refractivity contribution >= 4 is 11.8 Å². The minimum atomic E-state index is -0.298. The lowest BCUT2D eigenvalue weighted by Crippen LogP contribution is -2.41. The van der Waals surface area contributed by atoms with Gasteiger partial charge in [0.25, 0.3) is 0 Å². The molecule has 0 saturated heterocycles. The Labute approximate surface area is 96.1 Å². The second-order valence-electron chi connectivity index (χ2n) is 4.29. The third-order valence-electron chi connectivity index (χ3n) is 2.94. The van der Waals surface area contributed by atoms with Gasteiger partial charge in [-0.2, -0.15) is 0 Å². The van der Waals surface area contributed by atoms with Crippen molar-refractivity contribution in [1.29, 1.82) is 0 Å². The van der Waals surface area contributed by atoms with Crippen molar-refractivity contribution in [3.8, 4) is 0 Å². The Morgan fingerprint density at radius 1 is 1.06 bits per heavy atom. The number of hydrogen-bond donors (Lipinski definition) is 3. The van der Waals surface area contributed by atoms with Crippen molar-refractivity contribution in [3.05, 3.63) is 0 Å². The number of nitrogens with two attached hydrogens (primary N) is 1. The zero-order chi connectivity index (χ0) is 11.8. The van der Waals surface area contributed by atoms with Gasteiger partial charge in [0.2, 0.25) is 11.8 Å². The predicted molar refractivity (Wildman–Crippen MR) is 61.6 cm³/mol. The van der Waals surface area contributed by atoms with Crippen LogP contribution in [0.3, 0.4) is 0 Å². The Morgan fingerprint density at radius 2 is 1.75 bits per heavy atom. The summed E-state index contributed by atoms with van der Waals surface area (Å²) in [5.41, 5.74) is 5.11. The van der Waals surface area contributed by atoms with Gasteiger partial charge in [-0.05, 0) is 18.8 Å². The molecule has 0 aromatic rings. The summed E-state index contributed by atoms with van der Waals surface area (Å²) >= 11 is 0. The molecule has 0 bridgehead atoms. The van der Waals surface area contributed by atoms with E-state index in [0.29, 0.717) is 5.92 Å². The van der Waals surface area contributed by atoms with Crippen molar-refractivity contribution in [3.63, 3.8) is 0 Å². The van der Waals surface area contributed by atoms with Crippen molar-refractivity contribution in [2.45, 2.75) is 32.1 Å². The molecule has 0 aromatic carbocycles. The summed E-state index contributed by atoms with van der Waals surface area (Å²) in [6.07, 6.45) is 6.26. The van der Waals surface area contributed by atoms with E-state index in [9.17, 15) is 9.59 Å².